The quantitative estimate of drug-likeness (QED) is 0.754. The molecule has 0 aromatic carbocycles. The minimum atomic E-state index is -0.291. The van der Waals surface area contributed by atoms with Crippen LogP contribution in [0.5, 0.6) is 0 Å². The monoisotopic (exact) mass is 260 g/mol. The predicted octanol–water partition coefficient (Wildman–Crippen LogP) is 2.16. The summed E-state index contributed by atoms with van der Waals surface area (Å²) in [6.45, 7) is 4.13. The lowest BCUT2D eigenvalue weighted by atomic mass is 10.1. The van der Waals surface area contributed by atoms with Crippen LogP contribution in [0.2, 0.25) is 0 Å². The summed E-state index contributed by atoms with van der Waals surface area (Å²) >= 11 is 1.61. The first kappa shape index (κ1) is 11.1. The van der Waals surface area contributed by atoms with E-state index in [1.54, 1.807) is 23.9 Å². The molecule has 3 rings (SSSR count). The molecule has 0 unspecified atom stereocenters. The summed E-state index contributed by atoms with van der Waals surface area (Å²) in [5.74, 6) is 0.734. The van der Waals surface area contributed by atoms with Crippen molar-refractivity contribution in [3.63, 3.8) is 0 Å². The Hall–Kier alpha value is -2.02. The van der Waals surface area contributed by atoms with Crippen molar-refractivity contribution in [2.45, 2.75) is 19.4 Å². The van der Waals surface area contributed by atoms with E-state index < -0.39 is 0 Å². The zero-order chi connectivity index (χ0) is 12.6. The molecule has 7 heteroatoms. The van der Waals surface area contributed by atoms with Crippen molar-refractivity contribution < 1.29 is 0 Å². The van der Waals surface area contributed by atoms with E-state index in [9.17, 15) is 0 Å². The molecular weight excluding hydrogens is 248 g/mol. The molecule has 2 N–H and O–H groups in total. The van der Waals surface area contributed by atoms with Crippen LogP contribution in [0, 0.1) is 0 Å². The van der Waals surface area contributed by atoms with Gasteiger partial charge < -0.3 is 10.3 Å². The lowest BCUT2D eigenvalue weighted by Gasteiger charge is -2.24. The number of nitrogens with one attached hydrogen (secondary N) is 2. The van der Waals surface area contributed by atoms with Crippen LogP contribution in [0.25, 0.3) is 11.2 Å². The highest BCUT2D eigenvalue weighted by molar-refractivity contribution is 7.09. The molecule has 0 bridgehead atoms. The third kappa shape index (κ3) is 1.82. The number of thiazole rings is 1. The van der Waals surface area contributed by atoms with Gasteiger partial charge in [0.2, 0.25) is 0 Å². The molecule has 3 aromatic heterocycles. The van der Waals surface area contributed by atoms with E-state index in [0.29, 0.717) is 5.65 Å². The Bertz CT molecular complexity index is 657. The Morgan fingerprint density at radius 1 is 1.22 bits per heavy atom. The van der Waals surface area contributed by atoms with Crippen LogP contribution in [0.4, 0.5) is 5.82 Å². The maximum Gasteiger partial charge on any atom is 0.182 e. The number of aromatic nitrogens is 5. The molecule has 0 spiro atoms. The summed E-state index contributed by atoms with van der Waals surface area (Å²) in [7, 11) is 0. The highest BCUT2D eigenvalue weighted by atomic mass is 32.1. The Labute approximate surface area is 108 Å². The Kier molecular flexibility index (Phi) is 2.48. The minimum absolute atomic E-state index is 0.291. The van der Waals surface area contributed by atoms with Crippen molar-refractivity contribution in [1.82, 2.24) is 24.9 Å². The number of hydrogen-bond donors (Lipinski definition) is 2. The van der Waals surface area contributed by atoms with Crippen molar-refractivity contribution in [2.24, 2.45) is 0 Å². The summed E-state index contributed by atoms with van der Waals surface area (Å²) in [5.41, 5.74) is 1.17. The van der Waals surface area contributed by atoms with Crippen molar-refractivity contribution in [3.05, 3.63) is 29.2 Å². The van der Waals surface area contributed by atoms with Crippen molar-refractivity contribution in [2.75, 3.05) is 5.32 Å². The molecule has 18 heavy (non-hydrogen) atoms. The Morgan fingerprint density at radius 3 is 2.89 bits per heavy atom. The number of fused-ring (bicyclic) bond motifs is 1. The van der Waals surface area contributed by atoms with Gasteiger partial charge in [0.05, 0.1) is 11.9 Å². The van der Waals surface area contributed by atoms with Gasteiger partial charge in [-0.1, -0.05) is 0 Å². The molecule has 0 amide bonds. The lowest BCUT2D eigenvalue weighted by Crippen LogP contribution is -2.28. The number of imidazole rings is 1. The number of anilines is 1. The summed E-state index contributed by atoms with van der Waals surface area (Å²) in [4.78, 5) is 19.8. The predicted molar refractivity (Wildman–Crippen MR) is 70.4 cm³/mol. The molecule has 0 saturated heterocycles. The van der Waals surface area contributed by atoms with Gasteiger partial charge in [-0.15, -0.1) is 11.3 Å². The molecule has 0 saturated carbocycles. The second-order valence-corrected chi connectivity index (χ2v) is 5.31. The largest absolute Gasteiger partial charge is 0.357 e. The first-order valence-corrected chi connectivity index (χ1v) is 6.37. The molecule has 0 atom stereocenters. The Balaban J connectivity index is 1.99. The van der Waals surface area contributed by atoms with E-state index >= 15 is 0 Å². The van der Waals surface area contributed by atoms with E-state index in [0.717, 1.165) is 16.3 Å². The van der Waals surface area contributed by atoms with Crippen LogP contribution >= 0.6 is 11.3 Å². The lowest BCUT2D eigenvalue weighted by molar-refractivity contribution is 0.601. The second kappa shape index (κ2) is 4.02. The summed E-state index contributed by atoms with van der Waals surface area (Å²) < 4.78 is 0. The van der Waals surface area contributed by atoms with Gasteiger partial charge in [-0.3, -0.25) is 0 Å². The smallest absolute Gasteiger partial charge is 0.182 e. The number of hydrogen-bond acceptors (Lipinski definition) is 6. The first-order valence-electron chi connectivity index (χ1n) is 5.49. The number of rotatable bonds is 3. The van der Waals surface area contributed by atoms with Gasteiger partial charge in [0.1, 0.15) is 16.9 Å². The SMILES string of the molecule is CC(C)(Nc1ncnc2nc[nH]c12)c1nccs1. The van der Waals surface area contributed by atoms with Gasteiger partial charge in [0.15, 0.2) is 11.5 Å². The van der Waals surface area contributed by atoms with Crippen molar-refractivity contribution in [3.8, 4) is 0 Å². The normalized spacial score (nSPS) is 11.9. The zero-order valence-corrected chi connectivity index (χ0v) is 10.8. The highest BCUT2D eigenvalue weighted by Crippen LogP contribution is 2.28. The van der Waals surface area contributed by atoms with Crippen LogP contribution in [0.3, 0.4) is 0 Å². The highest BCUT2D eigenvalue weighted by Gasteiger charge is 2.24. The molecule has 0 radical (unpaired) electrons. The molecule has 0 aliphatic rings. The fourth-order valence-corrected chi connectivity index (χ4v) is 2.46. The second-order valence-electron chi connectivity index (χ2n) is 4.41. The van der Waals surface area contributed by atoms with Crippen LogP contribution < -0.4 is 5.32 Å². The van der Waals surface area contributed by atoms with E-state index in [4.69, 9.17) is 0 Å². The van der Waals surface area contributed by atoms with Crippen LogP contribution in [-0.2, 0) is 5.54 Å². The third-order valence-electron chi connectivity index (χ3n) is 2.62. The van der Waals surface area contributed by atoms with E-state index in [1.165, 1.54) is 6.33 Å². The van der Waals surface area contributed by atoms with E-state index in [1.807, 2.05) is 5.38 Å². The van der Waals surface area contributed by atoms with Gasteiger partial charge in [-0.05, 0) is 13.8 Å². The minimum Gasteiger partial charge on any atom is -0.357 e. The molecular formula is C11H12N6S. The topological polar surface area (TPSA) is 79.4 Å². The molecule has 6 nitrogen and oxygen atoms in total. The fraction of sp³-hybridized carbons (Fsp3) is 0.273. The van der Waals surface area contributed by atoms with Crippen LogP contribution in [0.1, 0.15) is 18.9 Å². The molecule has 0 fully saturated rings. The number of nitrogens with zero attached hydrogens (tertiary/aromatic N) is 4. The molecule has 92 valence electrons. The van der Waals surface area contributed by atoms with E-state index in [2.05, 4.69) is 44.1 Å². The standard InChI is InChI=1S/C11H12N6S/c1-11(2,10-12-3-4-18-10)17-9-7-8(14-5-13-7)15-6-16-9/h3-6H,1-2H3,(H2,13,14,15,16,17). The number of aromatic amines is 1. The average molecular weight is 260 g/mol. The summed E-state index contributed by atoms with van der Waals surface area (Å²) in [6.07, 6.45) is 4.92. The molecule has 3 aromatic rings. The first-order chi connectivity index (χ1) is 8.67. The van der Waals surface area contributed by atoms with Crippen molar-refractivity contribution >= 4 is 28.3 Å². The van der Waals surface area contributed by atoms with Crippen LogP contribution in [-0.4, -0.2) is 24.9 Å². The van der Waals surface area contributed by atoms with Gasteiger partial charge in [-0.2, -0.15) is 0 Å². The average Bonchev–Trinajstić information content (AvgIpc) is 3.00. The fourth-order valence-electron chi connectivity index (χ4n) is 1.74. The van der Waals surface area contributed by atoms with Gasteiger partial charge in [0.25, 0.3) is 0 Å². The van der Waals surface area contributed by atoms with Gasteiger partial charge in [-0.25, -0.2) is 19.9 Å². The van der Waals surface area contributed by atoms with Crippen molar-refractivity contribution in [1.29, 1.82) is 0 Å². The Morgan fingerprint density at radius 2 is 2.11 bits per heavy atom. The van der Waals surface area contributed by atoms with E-state index in [-0.39, 0.29) is 5.54 Å². The molecule has 3 heterocycles. The maximum atomic E-state index is 4.34. The summed E-state index contributed by atoms with van der Waals surface area (Å²) in [5, 5.41) is 6.35. The third-order valence-corrected chi connectivity index (χ3v) is 3.72. The van der Waals surface area contributed by atoms with Crippen LogP contribution in [0.15, 0.2) is 24.2 Å². The van der Waals surface area contributed by atoms with Gasteiger partial charge >= 0.3 is 0 Å². The maximum absolute atomic E-state index is 4.34. The molecule has 0 aliphatic heterocycles. The summed E-state index contributed by atoms with van der Waals surface area (Å²) in [6, 6.07) is 0. The number of H-pyrrole nitrogens is 1. The molecule has 0 aliphatic carbocycles. The van der Waals surface area contributed by atoms with Gasteiger partial charge in [0, 0.05) is 11.6 Å². The zero-order valence-electron chi connectivity index (χ0n) is 10.0.